The van der Waals surface area contributed by atoms with E-state index >= 15 is 0 Å². The van der Waals surface area contributed by atoms with E-state index in [1.807, 2.05) is 20.8 Å². The van der Waals surface area contributed by atoms with E-state index in [0.717, 1.165) is 5.69 Å². The maximum atomic E-state index is 12.4. The summed E-state index contributed by atoms with van der Waals surface area (Å²) < 4.78 is 7.48. The zero-order valence-corrected chi connectivity index (χ0v) is 13.2. The summed E-state index contributed by atoms with van der Waals surface area (Å²) in [6, 6.07) is 6.96. The molecule has 0 aliphatic carbocycles. The second-order valence-corrected chi connectivity index (χ2v) is 5.80. The summed E-state index contributed by atoms with van der Waals surface area (Å²) >= 11 is 6.14. The molecular formula is C16H15ClN2O3. The second kappa shape index (κ2) is 5.18. The number of rotatable bonds is 2. The maximum Gasteiger partial charge on any atom is 0.255 e. The number of aryl methyl sites for hydroxylation is 1. The van der Waals surface area contributed by atoms with Crippen LogP contribution in [0.2, 0.25) is 5.02 Å². The lowest BCUT2D eigenvalue weighted by molar-refractivity contribution is 0.449. The molecule has 0 radical (unpaired) electrons. The Morgan fingerprint density at radius 1 is 1.32 bits per heavy atom. The van der Waals surface area contributed by atoms with Crippen LogP contribution < -0.4 is 5.43 Å². The molecule has 0 atom stereocenters. The van der Waals surface area contributed by atoms with Crippen molar-refractivity contribution in [2.75, 3.05) is 0 Å². The lowest BCUT2D eigenvalue weighted by Gasteiger charge is -2.07. The van der Waals surface area contributed by atoms with Gasteiger partial charge in [-0.15, -0.1) is 0 Å². The van der Waals surface area contributed by atoms with Crippen molar-refractivity contribution in [2.24, 2.45) is 0 Å². The SMILES string of the molecule is Cc1c2oc(-c3ccccc3Cl)c(O)c(=O)c2nn1C(C)C. The first-order chi connectivity index (χ1) is 10.4. The van der Waals surface area contributed by atoms with Gasteiger partial charge in [-0.1, -0.05) is 23.7 Å². The quantitative estimate of drug-likeness (QED) is 0.778. The lowest BCUT2D eigenvalue weighted by atomic mass is 10.1. The van der Waals surface area contributed by atoms with Crippen molar-refractivity contribution in [3.63, 3.8) is 0 Å². The third kappa shape index (κ3) is 2.09. The fraction of sp³-hybridized carbons (Fsp3) is 0.250. The summed E-state index contributed by atoms with van der Waals surface area (Å²) in [5.74, 6) is -0.413. The van der Waals surface area contributed by atoms with Crippen molar-refractivity contribution in [1.29, 1.82) is 0 Å². The van der Waals surface area contributed by atoms with E-state index in [4.69, 9.17) is 16.0 Å². The third-order valence-corrected chi connectivity index (χ3v) is 3.88. The number of aromatic nitrogens is 2. The van der Waals surface area contributed by atoms with E-state index in [-0.39, 0.29) is 17.3 Å². The first kappa shape index (κ1) is 14.7. The average Bonchev–Trinajstić information content (AvgIpc) is 2.81. The minimum atomic E-state index is -0.557. The van der Waals surface area contributed by atoms with E-state index in [1.165, 1.54) is 0 Å². The number of aromatic hydroxyl groups is 1. The highest BCUT2D eigenvalue weighted by atomic mass is 35.5. The highest BCUT2D eigenvalue weighted by Gasteiger charge is 2.22. The molecule has 0 fully saturated rings. The molecule has 0 aliphatic heterocycles. The number of halogens is 1. The summed E-state index contributed by atoms with van der Waals surface area (Å²) in [5, 5.41) is 14.8. The molecule has 0 bridgehead atoms. The second-order valence-electron chi connectivity index (χ2n) is 5.39. The molecule has 0 aliphatic rings. The Balaban J connectivity index is 2.39. The summed E-state index contributed by atoms with van der Waals surface area (Å²) in [6.45, 7) is 5.74. The lowest BCUT2D eigenvalue weighted by Crippen LogP contribution is -2.06. The summed E-state index contributed by atoms with van der Waals surface area (Å²) in [6.07, 6.45) is 0. The van der Waals surface area contributed by atoms with E-state index < -0.39 is 11.2 Å². The first-order valence-corrected chi connectivity index (χ1v) is 7.29. The van der Waals surface area contributed by atoms with Gasteiger partial charge in [0.1, 0.15) is 0 Å². The van der Waals surface area contributed by atoms with Crippen LogP contribution in [-0.4, -0.2) is 14.9 Å². The van der Waals surface area contributed by atoms with Crippen LogP contribution in [0.3, 0.4) is 0 Å². The van der Waals surface area contributed by atoms with Gasteiger partial charge in [-0.2, -0.15) is 5.10 Å². The van der Waals surface area contributed by atoms with Gasteiger partial charge < -0.3 is 9.52 Å². The van der Waals surface area contributed by atoms with Crippen LogP contribution in [0.5, 0.6) is 5.75 Å². The number of hydrogen-bond acceptors (Lipinski definition) is 4. The fourth-order valence-corrected chi connectivity index (χ4v) is 2.69. The minimum Gasteiger partial charge on any atom is -0.501 e. The van der Waals surface area contributed by atoms with Crippen LogP contribution in [-0.2, 0) is 0 Å². The molecule has 114 valence electrons. The van der Waals surface area contributed by atoms with Gasteiger partial charge in [-0.25, -0.2) is 0 Å². The predicted octanol–water partition coefficient (Wildman–Crippen LogP) is 3.90. The molecule has 1 N–H and O–H groups in total. The maximum absolute atomic E-state index is 12.4. The Kier molecular flexibility index (Phi) is 3.45. The standard InChI is InChI=1S/C16H15ClN2O3/c1-8(2)19-9(3)15-12(18-19)13(20)14(21)16(22-15)10-6-4-5-7-11(10)17/h4-8,21H,1-3H3. The van der Waals surface area contributed by atoms with E-state index in [9.17, 15) is 9.90 Å². The molecule has 0 unspecified atom stereocenters. The third-order valence-electron chi connectivity index (χ3n) is 3.55. The number of benzene rings is 1. The largest absolute Gasteiger partial charge is 0.501 e. The number of fused-ring (bicyclic) bond motifs is 1. The molecule has 22 heavy (non-hydrogen) atoms. The smallest absolute Gasteiger partial charge is 0.255 e. The molecule has 0 saturated carbocycles. The van der Waals surface area contributed by atoms with Crippen LogP contribution in [0.15, 0.2) is 33.5 Å². The van der Waals surface area contributed by atoms with E-state index in [1.54, 1.807) is 28.9 Å². The number of nitrogens with zero attached hydrogens (tertiary/aromatic N) is 2. The average molecular weight is 319 g/mol. The van der Waals surface area contributed by atoms with Gasteiger partial charge in [0.15, 0.2) is 16.9 Å². The van der Waals surface area contributed by atoms with Crippen molar-refractivity contribution in [2.45, 2.75) is 26.8 Å². The zero-order chi connectivity index (χ0) is 16.0. The van der Waals surface area contributed by atoms with Crippen molar-refractivity contribution in [1.82, 2.24) is 9.78 Å². The van der Waals surface area contributed by atoms with Crippen molar-refractivity contribution in [3.05, 3.63) is 45.2 Å². The van der Waals surface area contributed by atoms with Gasteiger partial charge in [0.05, 0.1) is 10.7 Å². The normalized spacial score (nSPS) is 11.5. The Labute approximate surface area is 131 Å². The van der Waals surface area contributed by atoms with Crippen LogP contribution in [0.25, 0.3) is 22.4 Å². The van der Waals surface area contributed by atoms with Crippen molar-refractivity contribution >= 4 is 22.7 Å². The van der Waals surface area contributed by atoms with Gasteiger partial charge in [-0.05, 0) is 32.9 Å². The molecule has 0 saturated heterocycles. The first-order valence-electron chi connectivity index (χ1n) is 6.91. The zero-order valence-electron chi connectivity index (χ0n) is 12.4. The summed E-state index contributed by atoms with van der Waals surface area (Å²) in [4.78, 5) is 12.4. The molecule has 6 heteroatoms. The summed E-state index contributed by atoms with van der Waals surface area (Å²) in [7, 11) is 0. The van der Waals surface area contributed by atoms with Gasteiger partial charge in [0.2, 0.25) is 5.75 Å². The summed E-state index contributed by atoms with van der Waals surface area (Å²) in [5.41, 5.74) is 1.14. The Hall–Kier alpha value is -2.27. The Morgan fingerprint density at radius 3 is 2.64 bits per heavy atom. The molecule has 0 spiro atoms. The highest BCUT2D eigenvalue weighted by Crippen LogP contribution is 2.35. The molecule has 5 nitrogen and oxygen atoms in total. The molecule has 0 amide bonds. The Bertz CT molecular complexity index is 925. The molecule has 2 aromatic heterocycles. The predicted molar refractivity (Wildman–Crippen MR) is 85.5 cm³/mol. The Morgan fingerprint density at radius 2 is 2.00 bits per heavy atom. The van der Waals surface area contributed by atoms with Crippen LogP contribution in [0.4, 0.5) is 0 Å². The van der Waals surface area contributed by atoms with E-state index in [0.29, 0.717) is 16.2 Å². The molecular weight excluding hydrogens is 304 g/mol. The molecule has 1 aromatic carbocycles. The van der Waals surface area contributed by atoms with Crippen LogP contribution in [0, 0.1) is 6.92 Å². The monoisotopic (exact) mass is 318 g/mol. The van der Waals surface area contributed by atoms with Gasteiger partial charge >= 0.3 is 0 Å². The van der Waals surface area contributed by atoms with Crippen molar-refractivity contribution < 1.29 is 9.52 Å². The van der Waals surface area contributed by atoms with Crippen molar-refractivity contribution in [3.8, 4) is 17.1 Å². The van der Waals surface area contributed by atoms with Crippen LogP contribution in [0.1, 0.15) is 25.6 Å². The molecule has 3 aromatic rings. The topological polar surface area (TPSA) is 68.3 Å². The van der Waals surface area contributed by atoms with Gasteiger partial charge in [0.25, 0.3) is 5.43 Å². The van der Waals surface area contributed by atoms with E-state index in [2.05, 4.69) is 5.10 Å². The van der Waals surface area contributed by atoms with Gasteiger partial charge in [-0.3, -0.25) is 9.48 Å². The molecule has 3 rings (SSSR count). The van der Waals surface area contributed by atoms with Gasteiger partial charge in [0, 0.05) is 11.6 Å². The highest BCUT2D eigenvalue weighted by molar-refractivity contribution is 6.33. The number of hydrogen-bond donors (Lipinski definition) is 1. The van der Waals surface area contributed by atoms with Crippen LogP contribution >= 0.6 is 11.6 Å². The minimum absolute atomic E-state index is 0.0644. The fourth-order valence-electron chi connectivity index (χ4n) is 2.47. The molecule has 2 heterocycles.